The van der Waals surface area contributed by atoms with Gasteiger partial charge in [0.25, 0.3) is 5.91 Å². The molecule has 0 aliphatic rings. The number of amides is 1. The Hall–Kier alpha value is -2.73. The van der Waals surface area contributed by atoms with Crippen molar-refractivity contribution in [1.29, 1.82) is 0 Å². The molecular weight excluding hydrogens is 344 g/mol. The molecule has 0 saturated carbocycles. The van der Waals surface area contributed by atoms with Gasteiger partial charge < -0.3 is 10.6 Å². The van der Waals surface area contributed by atoms with Crippen molar-refractivity contribution in [2.45, 2.75) is 34.6 Å². The summed E-state index contributed by atoms with van der Waals surface area (Å²) >= 11 is 1.31. The number of aromatic nitrogens is 2. The van der Waals surface area contributed by atoms with Crippen molar-refractivity contribution in [3.8, 4) is 0 Å². The Labute approximate surface area is 157 Å². The van der Waals surface area contributed by atoms with Crippen molar-refractivity contribution in [3.05, 3.63) is 63.3 Å². The number of nitrogens with zero attached hydrogens (tertiary/aromatic N) is 2. The van der Waals surface area contributed by atoms with E-state index in [2.05, 4.69) is 38.8 Å². The number of carbonyl (C=O) groups is 1. The van der Waals surface area contributed by atoms with Crippen molar-refractivity contribution in [3.63, 3.8) is 0 Å². The van der Waals surface area contributed by atoms with E-state index < -0.39 is 0 Å². The molecule has 0 spiro atoms. The average Bonchev–Trinajstić information content (AvgIpc) is 3.02. The first kappa shape index (κ1) is 18.1. The standard InChI is InChI=1S/C20H22N4OS/c1-11-6-13(3)17(14(4)7-11)23-19(25)16-10-22-20(26-16)24-18-15(5)8-12(2)9-21-18/h6-10H,1-5H3,(H,23,25)(H,21,22,24). The van der Waals surface area contributed by atoms with E-state index in [0.29, 0.717) is 10.0 Å². The molecule has 1 amide bonds. The van der Waals surface area contributed by atoms with Gasteiger partial charge in [0.1, 0.15) is 10.7 Å². The minimum absolute atomic E-state index is 0.154. The molecule has 2 aromatic heterocycles. The summed E-state index contributed by atoms with van der Waals surface area (Å²) in [6, 6.07) is 6.18. The molecule has 0 saturated heterocycles. The van der Waals surface area contributed by atoms with E-state index in [0.717, 1.165) is 33.8 Å². The third-order valence-corrected chi connectivity index (χ3v) is 5.00. The largest absolute Gasteiger partial charge is 0.321 e. The van der Waals surface area contributed by atoms with Crippen LogP contribution in [0.25, 0.3) is 0 Å². The van der Waals surface area contributed by atoms with Crippen LogP contribution in [-0.2, 0) is 0 Å². The highest BCUT2D eigenvalue weighted by Crippen LogP contribution is 2.26. The molecule has 0 aliphatic carbocycles. The predicted octanol–water partition coefficient (Wildman–Crippen LogP) is 5.08. The van der Waals surface area contributed by atoms with Gasteiger partial charge in [-0.1, -0.05) is 35.1 Å². The maximum atomic E-state index is 12.6. The Kier molecular flexibility index (Phi) is 5.04. The fourth-order valence-corrected chi connectivity index (χ4v) is 3.65. The first-order valence-corrected chi connectivity index (χ1v) is 9.20. The maximum absolute atomic E-state index is 12.6. The summed E-state index contributed by atoms with van der Waals surface area (Å²) in [4.78, 5) is 21.8. The summed E-state index contributed by atoms with van der Waals surface area (Å²) in [5.74, 6) is 0.598. The summed E-state index contributed by atoms with van der Waals surface area (Å²) in [6.07, 6.45) is 3.39. The lowest BCUT2D eigenvalue weighted by atomic mass is 10.1. The minimum Gasteiger partial charge on any atom is -0.321 e. The van der Waals surface area contributed by atoms with Gasteiger partial charge in [-0.3, -0.25) is 4.79 Å². The topological polar surface area (TPSA) is 66.9 Å². The zero-order valence-corrected chi connectivity index (χ0v) is 16.4. The molecule has 0 bridgehead atoms. The van der Waals surface area contributed by atoms with Gasteiger partial charge in [-0.25, -0.2) is 9.97 Å². The molecule has 6 heteroatoms. The number of carbonyl (C=O) groups excluding carboxylic acids is 1. The zero-order chi connectivity index (χ0) is 18.8. The smallest absolute Gasteiger partial charge is 0.267 e. The van der Waals surface area contributed by atoms with Crippen molar-refractivity contribution in [2.24, 2.45) is 0 Å². The van der Waals surface area contributed by atoms with Gasteiger partial charge in [-0.2, -0.15) is 0 Å². The zero-order valence-electron chi connectivity index (χ0n) is 15.6. The average molecular weight is 366 g/mol. The number of thiazole rings is 1. The lowest BCUT2D eigenvalue weighted by Crippen LogP contribution is -2.12. The lowest BCUT2D eigenvalue weighted by Gasteiger charge is -2.12. The van der Waals surface area contributed by atoms with Gasteiger partial charge in [0.05, 0.1) is 6.20 Å². The van der Waals surface area contributed by atoms with Gasteiger partial charge >= 0.3 is 0 Å². The second-order valence-corrected chi connectivity index (χ2v) is 7.59. The molecule has 0 fully saturated rings. The number of benzene rings is 1. The van der Waals surface area contributed by atoms with Gasteiger partial charge in [0.2, 0.25) is 0 Å². The van der Waals surface area contributed by atoms with E-state index in [1.54, 1.807) is 12.4 Å². The molecule has 0 atom stereocenters. The van der Waals surface area contributed by atoms with Gasteiger partial charge in [-0.05, 0) is 56.9 Å². The predicted molar refractivity (Wildman–Crippen MR) is 108 cm³/mol. The van der Waals surface area contributed by atoms with E-state index in [9.17, 15) is 4.79 Å². The van der Waals surface area contributed by atoms with Crippen molar-refractivity contribution in [1.82, 2.24) is 9.97 Å². The number of pyridine rings is 1. The SMILES string of the molecule is Cc1cnc(Nc2ncc(C(=O)Nc3c(C)cc(C)cc3C)s2)c(C)c1. The van der Waals surface area contributed by atoms with Crippen molar-refractivity contribution in [2.75, 3.05) is 10.6 Å². The molecule has 2 heterocycles. The van der Waals surface area contributed by atoms with Crippen LogP contribution in [0.4, 0.5) is 16.6 Å². The second-order valence-electron chi connectivity index (χ2n) is 6.56. The molecule has 1 aromatic carbocycles. The van der Waals surface area contributed by atoms with Crippen LogP contribution in [0.5, 0.6) is 0 Å². The van der Waals surface area contributed by atoms with Gasteiger partial charge in [0.15, 0.2) is 5.13 Å². The Morgan fingerprint density at radius 3 is 2.19 bits per heavy atom. The summed E-state index contributed by atoms with van der Waals surface area (Å²) in [7, 11) is 0. The van der Waals surface area contributed by atoms with E-state index >= 15 is 0 Å². The first-order valence-electron chi connectivity index (χ1n) is 8.39. The summed E-state index contributed by atoms with van der Waals surface area (Å²) in [5, 5.41) is 6.84. The molecular formula is C20H22N4OS. The van der Waals surface area contributed by atoms with E-state index in [-0.39, 0.29) is 5.91 Å². The highest BCUT2D eigenvalue weighted by atomic mass is 32.1. The number of rotatable bonds is 4. The van der Waals surface area contributed by atoms with Crippen molar-refractivity contribution < 1.29 is 4.79 Å². The number of hydrogen-bond donors (Lipinski definition) is 2. The normalized spacial score (nSPS) is 10.7. The van der Waals surface area contributed by atoms with E-state index in [1.807, 2.05) is 34.6 Å². The molecule has 26 heavy (non-hydrogen) atoms. The minimum atomic E-state index is -0.154. The Balaban J connectivity index is 1.76. The number of aryl methyl sites for hydroxylation is 5. The fourth-order valence-electron chi connectivity index (χ4n) is 2.94. The van der Waals surface area contributed by atoms with E-state index in [1.165, 1.54) is 16.9 Å². The highest BCUT2D eigenvalue weighted by Gasteiger charge is 2.14. The van der Waals surface area contributed by atoms with Crippen molar-refractivity contribution >= 4 is 33.9 Å². The molecule has 0 aliphatic heterocycles. The highest BCUT2D eigenvalue weighted by molar-refractivity contribution is 7.17. The molecule has 5 nitrogen and oxygen atoms in total. The van der Waals surface area contributed by atoms with Crippen LogP contribution in [0, 0.1) is 34.6 Å². The molecule has 3 rings (SSSR count). The lowest BCUT2D eigenvalue weighted by molar-refractivity contribution is 0.103. The van der Waals surface area contributed by atoms with Gasteiger partial charge in [0, 0.05) is 11.9 Å². The summed E-state index contributed by atoms with van der Waals surface area (Å²) in [5.41, 5.74) is 6.30. The summed E-state index contributed by atoms with van der Waals surface area (Å²) in [6.45, 7) is 10.0. The van der Waals surface area contributed by atoms with Crippen LogP contribution in [0.15, 0.2) is 30.6 Å². The third kappa shape index (κ3) is 3.91. The summed E-state index contributed by atoms with van der Waals surface area (Å²) < 4.78 is 0. The molecule has 3 aromatic rings. The Morgan fingerprint density at radius 1 is 0.885 bits per heavy atom. The number of hydrogen-bond acceptors (Lipinski definition) is 5. The van der Waals surface area contributed by atoms with E-state index in [4.69, 9.17) is 0 Å². The fraction of sp³-hybridized carbons (Fsp3) is 0.250. The van der Waals surface area contributed by atoms with Crippen LogP contribution in [0.2, 0.25) is 0 Å². The first-order chi connectivity index (χ1) is 12.3. The third-order valence-electron chi connectivity index (χ3n) is 4.09. The van der Waals surface area contributed by atoms with Crippen LogP contribution in [0.1, 0.15) is 37.5 Å². The quantitative estimate of drug-likeness (QED) is 0.676. The molecule has 0 radical (unpaired) electrons. The van der Waals surface area contributed by atoms with Crippen LogP contribution in [0.3, 0.4) is 0 Å². The molecule has 2 N–H and O–H groups in total. The van der Waals surface area contributed by atoms with Gasteiger partial charge in [-0.15, -0.1) is 0 Å². The monoisotopic (exact) mass is 366 g/mol. The van der Waals surface area contributed by atoms with Crippen LogP contribution >= 0.6 is 11.3 Å². The Bertz CT molecular complexity index is 955. The van der Waals surface area contributed by atoms with Crippen LogP contribution in [-0.4, -0.2) is 15.9 Å². The maximum Gasteiger partial charge on any atom is 0.267 e. The number of anilines is 3. The molecule has 134 valence electrons. The van der Waals surface area contributed by atoms with Crippen LogP contribution < -0.4 is 10.6 Å². The number of nitrogens with one attached hydrogen (secondary N) is 2. The molecule has 0 unspecified atom stereocenters. The second kappa shape index (κ2) is 7.25. The Morgan fingerprint density at radius 2 is 1.54 bits per heavy atom.